The highest BCUT2D eigenvalue weighted by molar-refractivity contribution is 8.05. The lowest BCUT2D eigenvalue weighted by Crippen LogP contribution is -2.47. The fourth-order valence-electron chi connectivity index (χ4n) is 3.82. The Labute approximate surface area is 142 Å². The van der Waals surface area contributed by atoms with Crippen molar-refractivity contribution in [3.63, 3.8) is 0 Å². The molecule has 5 nitrogen and oxygen atoms in total. The summed E-state index contributed by atoms with van der Waals surface area (Å²) in [6.07, 6.45) is 6.49. The molecule has 2 aliphatic heterocycles. The number of halogens is 1. The van der Waals surface area contributed by atoms with Crippen LogP contribution in [0.2, 0.25) is 0 Å². The fourth-order valence-corrected chi connectivity index (χ4v) is 5.95. The van der Waals surface area contributed by atoms with E-state index < -0.39 is 15.0 Å². The van der Waals surface area contributed by atoms with Crippen LogP contribution < -0.4 is 0 Å². The van der Waals surface area contributed by atoms with Crippen molar-refractivity contribution in [2.75, 3.05) is 19.3 Å². The molecule has 1 aliphatic carbocycles. The summed E-state index contributed by atoms with van der Waals surface area (Å²) in [4.78, 5) is 3.31. The summed E-state index contributed by atoms with van der Waals surface area (Å²) in [5.74, 6) is 0.576. The zero-order valence-corrected chi connectivity index (χ0v) is 15.4. The van der Waals surface area contributed by atoms with Gasteiger partial charge in [-0.1, -0.05) is 30.3 Å². The summed E-state index contributed by atoms with van der Waals surface area (Å²) in [7, 11) is -3.56. The Kier molecular flexibility index (Phi) is 5.00. The minimum absolute atomic E-state index is 0.487. The molecule has 3 unspecified atom stereocenters. The molecule has 0 aromatic rings. The van der Waals surface area contributed by atoms with Crippen molar-refractivity contribution in [1.29, 1.82) is 0 Å². The molecular weight excluding hydrogens is 344 g/mol. The van der Waals surface area contributed by atoms with Gasteiger partial charge in [-0.2, -0.15) is 8.42 Å². The molecule has 1 saturated heterocycles. The van der Waals surface area contributed by atoms with Crippen molar-refractivity contribution in [3.8, 4) is 0 Å². The number of hydroxylamine groups is 2. The molecule has 0 N–H and O–H groups in total. The third-order valence-electron chi connectivity index (χ3n) is 4.62. The van der Waals surface area contributed by atoms with Gasteiger partial charge in [0.05, 0.1) is 12.0 Å². The van der Waals surface area contributed by atoms with Crippen molar-refractivity contribution >= 4 is 33.5 Å². The number of piperidine rings is 1. The van der Waals surface area contributed by atoms with Crippen molar-refractivity contribution in [2.24, 2.45) is 5.92 Å². The van der Waals surface area contributed by atoms with E-state index in [0.29, 0.717) is 12.0 Å². The lowest BCUT2D eigenvalue weighted by Gasteiger charge is -2.44. The summed E-state index contributed by atoms with van der Waals surface area (Å²) in [6, 6.07) is 0.571. The SMILES string of the molecule is CCCN1CCCC2CC3=C(CC21)SC(Cl)N3OS(C)(=O)=O. The number of nitrogens with zero attached hydrogens (tertiary/aromatic N) is 2. The average Bonchev–Trinajstić information content (AvgIpc) is 2.72. The zero-order chi connectivity index (χ0) is 15.9. The first-order valence-corrected chi connectivity index (χ1v) is 11.0. The van der Waals surface area contributed by atoms with E-state index in [1.807, 2.05) is 0 Å². The fraction of sp³-hybridized carbons (Fsp3) is 0.857. The maximum Gasteiger partial charge on any atom is 0.285 e. The first-order valence-electron chi connectivity index (χ1n) is 7.84. The van der Waals surface area contributed by atoms with Gasteiger partial charge in [0.1, 0.15) is 0 Å². The first-order chi connectivity index (χ1) is 10.4. The lowest BCUT2D eigenvalue weighted by molar-refractivity contribution is -0.0162. The summed E-state index contributed by atoms with van der Waals surface area (Å²) in [5.41, 5.74) is 0.982. The summed E-state index contributed by atoms with van der Waals surface area (Å²) in [5, 5.41) is 1.41. The largest absolute Gasteiger partial charge is 0.300 e. The van der Waals surface area contributed by atoms with Gasteiger partial charge in [-0.15, -0.1) is 4.28 Å². The molecule has 22 heavy (non-hydrogen) atoms. The number of hydrogen-bond donors (Lipinski definition) is 0. The van der Waals surface area contributed by atoms with Crippen LogP contribution in [0.15, 0.2) is 10.6 Å². The molecule has 0 amide bonds. The first kappa shape index (κ1) is 16.9. The van der Waals surface area contributed by atoms with Crippen LogP contribution in [0.25, 0.3) is 0 Å². The van der Waals surface area contributed by atoms with Crippen LogP contribution in [0.3, 0.4) is 0 Å². The van der Waals surface area contributed by atoms with Gasteiger partial charge in [0.2, 0.25) is 0 Å². The van der Waals surface area contributed by atoms with Gasteiger partial charge in [-0.05, 0) is 51.1 Å². The molecule has 0 aromatic heterocycles. The van der Waals surface area contributed by atoms with Crippen LogP contribution in [0, 0.1) is 5.92 Å². The van der Waals surface area contributed by atoms with E-state index in [1.54, 1.807) is 0 Å². The van der Waals surface area contributed by atoms with Crippen molar-refractivity contribution in [1.82, 2.24) is 9.96 Å². The average molecular weight is 367 g/mol. The van der Waals surface area contributed by atoms with E-state index in [9.17, 15) is 8.42 Å². The second-order valence-electron chi connectivity index (χ2n) is 6.30. The van der Waals surface area contributed by atoms with E-state index in [-0.39, 0.29) is 0 Å². The molecular formula is C14H23ClN2O3S2. The number of thioether (sulfide) groups is 1. The van der Waals surface area contributed by atoms with E-state index in [2.05, 4.69) is 11.8 Å². The van der Waals surface area contributed by atoms with E-state index in [4.69, 9.17) is 15.9 Å². The number of allylic oxidation sites excluding steroid dienone is 1. The van der Waals surface area contributed by atoms with Gasteiger partial charge in [0, 0.05) is 10.9 Å². The Hall–Kier alpha value is 0.0500. The predicted molar refractivity (Wildman–Crippen MR) is 89.6 cm³/mol. The number of likely N-dealkylation sites (tertiary alicyclic amines) is 1. The van der Waals surface area contributed by atoms with Crippen molar-refractivity contribution < 1.29 is 12.7 Å². The van der Waals surface area contributed by atoms with Gasteiger partial charge < -0.3 is 0 Å². The number of rotatable bonds is 4. The summed E-state index contributed by atoms with van der Waals surface area (Å²) < 4.78 is 28.0. The second-order valence-corrected chi connectivity index (χ2v) is 9.70. The Balaban J connectivity index is 1.80. The maximum absolute atomic E-state index is 11.5. The highest BCUT2D eigenvalue weighted by Gasteiger charge is 2.44. The van der Waals surface area contributed by atoms with Gasteiger partial charge >= 0.3 is 0 Å². The number of fused-ring (bicyclic) bond motifs is 1. The lowest BCUT2D eigenvalue weighted by atomic mass is 9.80. The van der Waals surface area contributed by atoms with Crippen LogP contribution in [0.5, 0.6) is 0 Å². The van der Waals surface area contributed by atoms with E-state index in [0.717, 1.165) is 31.3 Å². The van der Waals surface area contributed by atoms with E-state index in [1.165, 1.54) is 47.5 Å². The van der Waals surface area contributed by atoms with Crippen LogP contribution in [-0.2, 0) is 14.4 Å². The Bertz CT molecular complexity index is 564. The topological polar surface area (TPSA) is 49.9 Å². The van der Waals surface area contributed by atoms with Crippen LogP contribution >= 0.6 is 23.4 Å². The van der Waals surface area contributed by atoms with Gasteiger partial charge in [-0.3, -0.25) is 4.90 Å². The maximum atomic E-state index is 11.5. The third kappa shape index (κ3) is 3.43. The second kappa shape index (κ2) is 6.51. The Morgan fingerprint density at radius 3 is 2.86 bits per heavy atom. The van der Waals surface area contributed by atoms with Crippen molar-refractivity contribution in [2.45, 2.75) is 49.9 Å². The molecule has 1 fully saturated rings. The molecule has 0 saturated carbocycles. The van der Waals surface area contributed by atoms with Crippen LogP contribution in [0.4, 0.5) is 0 Å². The normalized spacial score (nSPS) is 33.0. The monoisotopic (exact) mass is 366 g/mol. The van der Waals surface area contributed by atoms with Crippen LogP contribution in [0.1, 0.15) is 39.0 Å². The highest BCUT2D eigenvalue weighted by Crippen LogP contribution is 2.51. The summed E-state index contributed by atoms with van der Waals surface area (Å²) >= 11 is 7.83. The molecule has 3 aliphatic rings. The molecule has 126 valence electrons. The smallest absolute Gasteiger partial charge is 0.285 e. The predicted octanol–water partition coefficient (Wildman–Crippen LogP) is 2.94. The Morgan fingerprint density at radius 1 is 1.41 bits per heavy atom. The van der Waals surface area contributed by atoms with E-state index >= 15 is 0 Å². The molecule has 2 heterocycles. The third-order valence-corrected chi connectivity index (χ3v) is 6.57. The molecule has 3 rings (SSSR count). The van der Waals surface area contributed by atoms with Gasteiger partial charge in [0.25, 0.3) is 10.1 Å². The molecule has 0 spiro atoms. The Morgan fingerprint density at radius 2 is 2.18 bits per heavy atom. The molecule has 3 atom stereocenters. The molecule has 0 aromatic carbocycles. The number of alkyl halides is 1. The van der Waals surface area contributed by atoms with Crippen LogP contribution in [-0.4, -0.2) is 48.6 Å². The number of hydrogen-bond acceptors (Lipinski definition) is 6. The van der Waals surface area contributed by atoms with Gasteiger partial charge in [-0.25, -0.2) is 5.06 Å². The summed E-state index contributed by atoms with van der Waals surface area (Å²) in [6.45, 7) is 4.54. The zero-order valence-electron chi connectivity index (χ0n) is 13.0. The standard InChI is InChI=1S/C14H23ClN2O3S2/c1-3-6-16-7-4-5-10-8-12-13(9-11(10)16)21-14(15)17(12)20-22(2,18)19/h10-11,14H,3-9H2,1-2H3. The quantitative estimate of drug-likeness (QED) is 0.563. The minimum Gasteiger partial charge on any atom is -0.300 e. The molecule has 0 radical (unpaired) electrons. The van der Waals surface area contributed by atoms with Crippen molar-refractivity contribution in [3.05, 3.63) is 10.6 Å². The molecule has 8 heteroatoms. The minimum atomic E-state index is -3.56. The van der Waals surface area contributed by atoms with Gasteiger partial charge in [0.15, 0.2) is 4.83 Å². The highest BCUT2D eigenvalue weighted by atomic mass is 35.5. The molecule has 0 bridgehead atoms.